The topological polar surface area (TPSA) is 55.1 Å². The van der Waals surface area contributed by atoms with Crippen molar-refractivity contribution in [3.8, 4) is 0 Å². The number of thioether (sulfide) groups is 1. The molecule has 3 N–H and O–H groups in total. The molecule has 0 radical (unpaired) electrons. The van der Waals surface area contributed by atoms with Gasteiger partial charge in [-0.2, -0.15) is 11.8 Å². The number of nitrogens with two attached hydrogens (primary N) is 1. The van der Waals surface area contributed by atoms with Gasteiger partial charge in [0.25, 0.3) is 0 Å². The third-order valence-corrected chi connectivity index (χ3v) is 4.42. The average Bonchev–Trinajstić information content (AvgIpc) is 2.33. The molecule has 0 saturated carbocycles. The third-order valence-electron chi connectivity index (χ3n) is 2.91. The molecule has 0 saturated heterocycles. The van der Waals surface area contributed by atoms with Gasteiger partial charge in [-0.3, -0.25) is 4.79 Å². The summed E-state index contributed by atoms with van der Waals surface area (Å²) in [6.07, 6.45) is 0.371. The number of carbonyl (C=O) groups excluding carboxylic acids is 1. The van der Waals surface area contributed by atoms with Crippen molar-refractivity contribution in [2.45, 2.75) is 32.4 Å². The van der Waals surface area contributed by atoms with Crippen LogP contribution in [0.4, 0.5) is 15.8 Å². The Labute approximate surface area is 118 Å². The molecule has 0 aromatic heterocycles. The minimum Gasteiger partial charge on any atom is -0.399 e. The van der Waals surface area contributed by atoms with Crippen molar-refractivity contribution in [2.24, 2.45) is 5.92 Å². The zero-order valence-corrected chi connectivity index (χ0v) is 12.4. The molecule has 0 aliphatic heterocycles. The van der Waals surface area contributed by atoms with E-state index in [9.17, 15) is 9.18 Å². The highest BCUT2D eigenvalue weighted by molar-refractivity contribution is 7.99. The molecule has 1 rings (SSSR count). The van der Waals surface area contributed by atoms with Crippen LogP contribution in [0.3, 0.4) is 0 Å². The van der Waals surface area contributed by atoms with Gasteiger partial charge in [0, 0.05) is 23.1 Å². The summed E-state index contributed by atoms with van der Waals surface area (Å²) in [5, 5.41) is 3.06. The van der Waals surface area contributed by atoms with Crippen molar-refractivity contribution < 1.29 is 9.18 Å². The van der Waals surface area contributed by atoms with Gasteiger partial charge in [-0.05, 0) is 24.1 Å². The molecule has 0 aliphatic carbocycles. The van der Waals surface area contributed by atoms with Gasteiger partial charge in [0.1, 0.15) is 5.82 Å². The Morgan fingerprint density at radius 3 is 2.74 bits per heavy atom. The van der Waals surface area contributed by atoms with Crippen LogP contribution in [0.25, 0.3) is 0 Å². The van der Waals surface area contributed by atoms with Crippen molar-refractivity contribution in [3.05, 3.63) is 24.0 Å². The van der Waals surface area contributed by atoms with Crippen molar-refractivity contribution in [3.63, 3.8) is 0 Å². The van der Waals surface area contributed by atoms with Crippen molar-refractivity contribution in [2.75, 3.05) is 16.8 Å². The quantitative estimate of drug-likeness (QED) is 0.786. The SMILES string of the molecule is CC(C)C(C)SCCC(=O)Nc1cc(N)ccc1F. The van der Waals surface area contributed by atoms with Gasteiger partial charge in [0.2, 0.25) is 5.91 Å². The monoisotopic (exact) mass is 284 g/mol. The van der Waals surface area contributed by atoms with E-state index in [1.54, 1.807) is 11.8 Å². The highest BCUT2D eigenvalue weighted by atomic mass is 32.2. The average molecular weight is 284 g/mol. The Morgan fingerprint density at radius 1 is 1.42 bits per heavy atom. The van der Waals surface area contributed by atoms with E-state index >= 15 is 0 Å². The second-order valence-corrected chi connectivity index (χ2v) is 6.34. The number of halogens is 1. The maximum atomic E-state index is 13.4. The van der Waals surface area contributed by atoms with Crippen molar-refractivity contribution in [1.29, 1.82) is 0 Å². The third kappa shape index (κ3) is 5.51. The fraction of sp³-hybridized carbons (Fsp3) is 0.500. The summed E-state index contributed by atoms with van der Waals surface area (Å²) in [4.78, 5) is 11.7. The van der Waals surface area contributed by atoms with Gasteiger partial charge < -0.3 is 11.1 Å². The number of nitrogen functional groups attached to an aromatic ring is 1. The van der Waals surface area contributed by atoms with E-state index in [4.69, 9.17) is 5.73 Å². The van der Waals surface area contributed by atoms with Crippen LogP contribution in [-0.2, 0) is 4.79 Å². The second-order valence-electron chi connectivity index (χ2n) is 4.86. The van der Waals surface area contributed by atoms with E-state index in [-0.39, 0.29) is 11.6 Å². The molecule has 1 atom stereocenters. The maximum absolute atomic E-state index is 13.4. The zero-order chi connectivity index (χ0) is 14.4. The fourth-order valence-electron chi connectivity index (χ4n) is 1.38. The molecular weight excluding hydrogens is 263 g/mol. The Morgan fingerprint density at radius 2 is 2.11 bits per heavy atom. The maximum Gasteiger partial charge on any atom is 0.225 e. The number of hydrogen-bond acceptors (Lipinski definition) is 3. The molecule has 1 aromatic carbocycles. The highest BCUT2D eigenvalue weighted by Crippen LogP contribution is 2.20. The molecule has 3 nitrogen and oxygen atoms in total. The lowest BCUT2D eigenvalue weighted by Crippen LogP contribution is -2.15. The highest BCUT2D eigenvalue weighted by Gasteiger charge is 2.10. The minimum absolute atomic E-state index is 0.145. The van der Waals surface area contributed by atoms with E-state index in [0.717, 1.165) is 5.75 Å². The molecule has 0 bridgehead atoms. The number of hydrogen-bond donors (Lipinski definition) is 2. The largest absolute Gasteiger partial charge is 0.399 e. The van der Waals surface area contributed by atoms with Crippen LogP contribution in [0.2, 0.25) is 0 Å². The summed E-state index contributed by atoms with van der Waals surface area (Å²) in [7, 11) is 0. The van der Waals surface area contributed by atoms with Gasteiger partial charge in [0.15, 0.2) is 0 Å². The number of amides is 1. The number of anilines is 2. The second kappa shape index (κ2) is 7.38. The van der Waals surface area contributed by atoms with E-state index < -0.39 is 5.82 Å². The Balaban J connectivity index is 2.41. The molecule has 19 heavy (non-hydrogen) atoms. The number of rotatable bonds is 6. The van der Waals surface area contributed by atoms with E-state index in [0.29, 0.717) is 23.3 Å². The van der Waals surface area contributed by atoms with E-state index in [2.05, 4.69) is 26.1 Å². The standard InChI is InChI=1S/C14H21FN2OS/c1-9(2)10(3)19-7-6-14(18)17-13-8-11(16)4-5-12(13)15/h4-5,8-10H,6-7,16H2,1-3H3,(H,17,18). The summed E-state index contributed by atoms with van der Waals surface area (Å²) >= 11 is 1.75. The first-order chi connectivity index (χ1) is 8.90. The lowest BCUT2D eigenvalue weighted by molar-refractivity contribution is -0.115. The predicted molar refractivity (Wildman–Crippen MR) is 80.8 cm³/mol. The van der Waals surface area contributed by atoms with Gasteiger partial charge in [-0.15, -0.1) is 0 Å². The Bertz CT molecular complexity index is 437. The normalized spacial score (nSPS) is 12.5. The molecule has 0 fully saturated rings. The Hall–Kier alpha value is -1.23. The van der Waals surface area contributed by atoms with Crippen LogP contribution in [0.1, 0.15) is 27.2 Å². The van der Waals surface area contributed by atoms with Gasteiger partial charge in [-0.25, -0.2) is 4.39 Å². The molecule has 0 heterocycles. The minimum atomic E-state index is -0.467. The number of benzene rings is 1. The van der Waals surface area contributed by atoms with E-state index in [1.165, 1.54) is 18.2 Å². The molecule has 1 unspecified atom stereocenters. The summed E-state index contributed by atoms with van der Waals surface area (Å²) in [6.45, 7) is 6.45. The lowest BCUT2D eigenvalue weighted by atomic mass is 10.2. The molecular formula is C14H21FN2OS. The molecule has 0 spiro atoms. The van der Waals surface area contributed by atoms with Crippen LogP contribution in [0.15, 0.2) is 18.2 Å². The van der Waals surface area contributed by atoms with Crippen LogP contribution in [-0.4, -0.2) is 16.9 Å². The smallest absolute Gasteiger partial charge is 0.225 e. The Kier molecular flexibility index (Phi) is 6.15. The van der Waals surface area contributed by atoms with Crippen LogP contribution < -0.4 is 11.1 Å². The van der Waals surface area contributed by atoms with E-state index in [1.807, 2.05) is 0 Å². The van der Waals surface area contributed by atoms with Gasteiger partial charge >= 0.3 is 0 Å². The summed E-state index contributed by atoms with van der Waals surface area (Å²) in [5.74, 6) is 0.660. The summed E-state index contributed by atoms with van der Waals surface area (Å²) in [5.41, 5.74) is 6.13. The predicted octanol–water partition coefficient (Wildman–Crippen LogP) is 3.51. The molecule has 1 amide bonds. The van der Waals surface area contributed by atoms with Crippen LogP contribution in [0, 0.1) is 11.7 Å². The van der Waals surface area contributed by atoms with Crippen molar-refractivity contribution in [1.82, 2.24) is 0 Å². The molecule has 0 aliphatic rings. The van der Waals surface area contributed by atoms with Crippen molar-refractivity contribution >= 4 is 29.0 Å². The van der Waals surface area contributed by atoms with Gasteiger partial charge in [-0.1, -0.05) is 20.8 Å². The first-order valence-corrected chi connectivity index (χ1v) is 7.41. The van der Waals surface area contributed by atoms with Crippen LogP contribution >= 0.6 is 11.8 Å². The first kappa shape index (κ1) is 15.8. The first-order valence-electron chi connectivity index (χ1n) is 6.36. The molecule has 5 heteroatoms. The number of carbonyl (C=O) groups is 1. The van der Waals surface area contributed by atoms with Crippen LogP contribution in [0.5, 0.6) is 0 Å². The van der Waals surface area contributed by atoms with Gasteiger partial charge in [0.05, 0.1) is 5.69 Å². The number of nitrogens with one attached hydrogen (secondary N) is 1. The zero-order valence-electron chi connectivity index (χ0n) is 11.6. The summed E-state index contributed by atoms with van der Waals surface area (Å²) < 4.78 is 13.4. The molecule has 106 valence electrons. The summed E-state index contributed by atoms with van der Waals surface area (Å²) in [6, 6.07) is 4.14. The fourth-order valence-corrected chi connectivity index (χ4v) is 2.44. The molecule has 1 aromatic rings. The lowest BCUT2D eigenvalue weighted by Gasteiger charge is -2.14.